The van der Waals surface area contributed by atoms with Gasteiger partial charge in [0.15, 0.2) is 0 Å². The third-order valence-corrected chi connectivity index (χ3v) is 5.07. The lowest BCUT2D eigenvalue weighted by Gasteiger charge is -2.35. The maximum absolute atomic E-state index is 6.03. The van der Waals surface area contributed by atoms with E-state index in [1.807, 2.05) is 6.07 Å². The predicted molar refractivity (Wildman–Crippen MR) is 91.1 cm³/mol. The second-order valence-corrected chi connectivity index (χ2v) is 6.58. The summed E-state index contributed by atoms with van der Waals surface area (Å²) in [5, 5.41) is 1.23. The number of fused-ring (bicyclic) bond motifs is 1. The monoisotopic (exact) mass is 302 g/mol. The summed E-state index contributed by atoms with van der Waals surface area (Å²) in [5.74, 6) is 1.34. The van der Waals surface area contributed by atoms with E-state index in [-0.39, 0.29) is 0 Å². The van der Waals surface area contributed by atoms with Gasteiger partial charge in [-0.3, -0.25) is 4.98 Å². The van der Waals surface area contributed by atoms with Gasteiger partial charge in [0.1, 0.15) is 0 Å². The fraction of sp³-hybridized carbons (Fsp3) is 0.500. The molecule has 1 aliphatic rings. The molecule has 3 heteroatoms. The molecule has 0 atom stereocenters. The van der Waals surface area contributed by atoms with E-state index < -0.39 is 0 Å². The lowest BCUT2D eigenvalue weighted by molar-refractivity contribution is 0.341. The average Bonchev–Trinajstić information content (AvgIpc) is 2.53. The molecular weight excluding hydrogens is 280 g/mol. The zero-order valence-electron chi connectivity index (χ0n) is 12.8. The van der Waals surface area contributed by atoms with E-state index in [0.717, 1.165) is 17.1 Å². The van der Waals surface area contributed by atoms with Gasteiger partial charge in [-0.05, 0) is 43.7 Å². The van der Waals surface area contributed by atoms with E-state index in [1.54, 1.807) is 0 Å². The van der Waals surface area contributed by atoms with Crippen LogP contribution in [0.5, 0.6) is 0 Å². The Kier molecular flexibility index (Phi) is 4.34. The third kappa shape index (κ3) is 3.01. The topological polar surface area (TPSA) is 16.1 Å². The van der Waals surface area contributed by atoms with Crippen molar-refractivity contribution in [2.45, 2.75) is 44.5 Å². The van der Waals surface area contributed by atoms with Crippen molar-refractivity contribution in [3.8, 4) is 0 Å². The van der Waals surface area contributed by atoms with Gasteiger partial charge in [-0.25, -0.2) is 0 Å². The quantitative estimate of drug-likeness (QED) is 0.743. The number of rotatable bonds is 3. The first-order valence-electron chi connectivity index (χ1n) is 7.86. The van der Waals surface area contributed by atoms with E-state index in [0.29, 0.717) is 11.9 Å². The van der Waals surface area contributed by atoms with E-state index in [1.165, 1.54) is 36.8 Å². The normalized spacial score (nSPS) is 22.4. The summed E-state index contributed by atoms with van der Waals surface area (Å²) in [6.45, 7) is 2.36. The van der Waals surface area contributed by atoms with Crippen LogP contribution in [0.1, 0.15) is 38.3 Å². The van der Waals surface area contributed by atoms with Crippen LogP contribution in [0.3, 0.4) is 0 Å². The number of hydrogen-bond donors (Lipinski definition) is 0. The zero-order chi connectivity index (χ0) is 14.8. The van der Waals surface area contributed by atoms with E-state index >= 15 is 0 Å². The minimum Gasteiger partial charge on any atom is -0.371 e. The molecule has 2 aromatic rings. The Morgan fingerprint density at radius 1 is 1.19 bits per heavy atom. The molecule has 0 N–H and O–H groups in total. The highest BCUT2D eigenvalue weighted by atomic mass is 35.5. The summed E-state index contributed by atoms with van der Waals surface area (Å²) in [5.41, 5.74) is 3.28. The van der Waals surface area contributed by atoms with Gasteiger partial charge in [-0.15, -0.1) is 11.6 Å². The molecule has 0 bridgehead atoms. The number of aromatic nitrogens is 1. The molecule has 2 nitrogen and oxygen atoms in total. The molecule has 1 aromatic heterocycles. The highest BCUT2D eigenvalue weighted by Gasteiger charge is 2.23. The number of anilines is 1. The molecule has 1 fully saturated rings. The van der Waals surface area contributed by atoms with Crippen LogP contribution in [0.4, 0.5) is 5.69 Å². The fourth-order valence-corrected chi connectivity index (χ4v) is 3.53. The molecule has 0 amide bonds. The van der Waals surface area contributed by atoms with E-state index in [9.17, 15) is 0 Å². The number of alkyl halides is 1. The van der Waals surface area contributed by atoms with Crippen molar-refractivity contribution in [2.24, 2.45) is 5.92 Å². The van der Waals surface area contributed by atoms with Crippen LogP contribution in [-0.4, -0.2) is 18.1 Å². The van der Waals surface area contributed by atoms with Crippen LogP contribution in [0.25, 0.3) is 10.9 Å². The molecule has 1 aliphatic carbocycles. The van der Waals surface area contributed by atoms with Gasteiger partial charge >= 0.3 is 0 Å². The molecule has 1 saturated carbocycles. The van der Waals surface area contributed by atoms with Crippen molar-refractivity contribution >= 4 is 28.2 Å². The Morgan fingerprint density at radius 3 is 2.62 bits per heavy atom. The lowest BCUT2D eigenvalue weighted by Crippen LogP contribution is -2.35. The first-order valence-corrected chi connectivity index (χ1v) is 8.40. The van der Waals surface area contributed by atoms with Crippen LogP contribution in [0.15, 0.2) is 30.3 Å². The minimum atomic E-state index is 0.466. The molecular formula is C18H23ClN2. The zero-order valence-corrected chi connectivity index (χ0v) is 13.6. The van der Waals surface area contributed by atoms with Gasteiger partial charge in [0.2, 0.25) is 0 Å². The molecule has 1 heterocycles. The van der Waals surface area contributed by atoms with Crippen LogP contribution < -0.4 is 4.90 Å². The standard InChI is InChI=1S/C18H23ClN2/c1-13-7-9-15(10-8-13)21(2)18-11-14(12-19)20-17-6-4-3-5-16(17)18/h3-6,11,13,15H,7-10,12H2,1-2H3. The van der Waals surface area contributed by atoms with Crippen molar-refractivity contribution in [3.05, 3.63) is 36.0 Å². The van der Waals surface area contributed by atoms with E-state index in [4.69, 9.17) is 11.6 Å². The van der Waals surface area contributed by atoms with Crippen molar-refractivity contribution in [1.29, 1.82) is 0 Å². The number of benzene rings is 1. The molecule has 0 radical (unpaired) electrons. The molecule has 1 aromatic carbocycles. The van der Waals surface area contributed by atoms with Gasteiger partial charge in [-0.1, -0.05) is 25.1 Å². The molecule has 0 aliphatic heterocycles. The molecule has 0 spiro atoms. The van der Waals surface area contributed by atoms with Crippen LogP contribution in [0, 0.1) is 5.92 Å². The minimum absolute atomic E-state index is 0.466. The van der Waals surface area contributed by atoms with Gasteiger partial charge in [0.05, 0.1) is 17.1 Å². The van der Waals surface area contributed by atoms with Crippen LogP contribution >= 0.6 is 11.6 Å². The molecule has 3 rings (SSSR count). The number of halogens is 1. The van der Waals surface area contributed by atoms with Gasteiger partial charge in [0, 0.05) is 24.2 Å². The highest BCUT2D eigenvalue weighted by Crippen LogP contribution is 2.33. The largest absolute Gasteiger partial charge is 0.371 e. The van der Waals surface area contributed by atoms with Crippen LogP contribution in [-0.2, 0) is 5.88 Å². The van der Waals surface area contributed by atoms with Gasteiger partial charge in [-0.2, -0.15) is 0 Å². The van der Waals surface area contributed by atoms with Crippen molar-refractivity contribution in [3.63, 3.8) is 0 Å². The SMILES string of the molecule is CC1CCC(N(C)c2cc(CCl)nc3ccccc23)CC1. The van der Waals surface area contributed by atoms with Crippen molar-refractivity contribution in [2.75, 3.05) is 11.9 Å². The lowest BCUT2D eigenvalue weighted by atomic mass is 9.86. The fourth-order valence-electron chi connectivity index (χ4n) is 3.40. The number of para-hydroxylation sites is 1. The molecule has 0 unspecified atom stereocenters. The van der Waals surface area contributed by atoms with Crippen LogP contribution in [0.2, 0.25) is 0 Å². The first kappa shape index (κ1) is 14.6. The Bertz CT molecular complexity index is 618. The average molecular weight is 303 g/mol. The Morgan fingerprint density at radius 2 is 1.90 bits per heavy atom. The summed E-state index contributed by atoms with van der Waals surface area (Å²) in [7, 11) is 2.22. The molecule has 112 valence electrons. The molecule has 21 heavy (non-hydrogen) atoms. The molecule has 0 saturated heterocycles. The maximum atomic E-state index is 6.03. The highest BCUT2D eigenvalue weighted by molar-refractivity contribution is 6.17. The van der Waals surface area contributed by atoms with E-state index in [2.05, 4.69) is 48.1 Å². The number of nitrogens with zero attached hydrogens (tertiary/aromatic N) is 2. The Balaban J connectivity index is 1.98. The summed E-state index contributed by atoms with van der Waals surface area (Å²) >= 11 is 6.03. The van der Waals surface area contributed by atoms with Gasteiger partial charge < -0.3 is 4.90 Å². The third-order valence-electron chi connectivity index (χ3n) is 4.80. The smallest absolute Gasteiger partial charge is 0.0726 e. The predicted octanol–water partition coefficient (Wildman–Crippen LogP) is 4.99. The number of pyridine rings is 1. The number of hydrogen-bond acceptors (Lipinski definition) is 2. The van der Waals surface area contributed by atoms with Crippen molar-refractivity contribution in [1.82, 2.24) is 4.98 Å². The van der Waals surface area contributed by atoms with Gasteiger partial charge in [0.25, 0.3) is 0 Å². The Hall–Kier alpha value is -1.28. The Labute approximate surface area is 132 Å². The second-order valence-electron chi connectivity index (χ2n) is 6.31. The summed E-state index contributed by atoms with van der Waals surface area (Å²) in [6.07, 6.45) is 5.23. The maximum Gasteiger partial charge on any atom is 0.0726 e. The summed E-state index contributed by atoms with van der Waals surface area (Å²) in [6, 6.07) is 11.2. The summed E-state index contributed by atoms with van der Waals surface area (Å²) < 4.78 is 0. The first-order chi connectivity index (χ1) is 10.2. The second kappa shape index (κ2) is 6.23. The summed E-state index contributed by atoms with van der Waals surface area (Å²) in [4.78, 5) is 7.09. The van der Waals surface area contributed by atoms with Crippen molar-refractivity contribution < 1.29 is 0 Å².